The van der Waals surface area contributed by atoms with Gasteiger partial charge >= 0.3 is 0 Å². The lowest BCUT2D eigenvalue weighted by molar-refractivity contribution is 0.193. The molecule has 0 saturated carbocycles. The van der Waals surface area contributed by atoms with Gasteiger partial charge in [0.15, 0.2) is 0 Å². The highest BCUT2D eigenvalue weighted by Gasteiger charge is 2.26. The lowest BCUT2D eigenvalue weighted by Gasteiger charge is -2.27. The number of nitrogens with zero attached hydrogens (tertiary/aromatic N) is 2. The molecule has 2 N–H and O–H groups in total. The van der Waals surface area contributed by atoms with Gasteiger partial charge in [-0.2, -0.15) is 0 Å². The molecule has 19 heavy (non-hydrogen) atoms. The predicted molar refractivity (Wildman–Crippen MR) is 81.5 cm³/mol. The molecule has 114 valence electrons. The highest BCUT2D eigenvalue weighted by Crippen LogP contribution is 2.15. The SMILES string of the molecule is CCN(CC)C1CCN(CCC(CO)NC(C)C)C1. The van der Waals surface area contributed by atoms with Gasteiger partial charge in [0, 0.05) is 24.7 Å². The third-order valence-electron chi connectivity index (χ3n) is 4.16. The highest BCUT2D eigenvalue weighted by atomic mass is 16.3. The molecule has 0 spiro atoms. The van der Waals surface area contributed by atoms with Crippen molar-refractivity contribution >= 4 is 0 Å². The minimum absolute atomic E-state index is 0.242. The zero-order valence-corrected chi connectivity index (χ0v) is 13.2. The maximum Gasteiger partial charge on any atom is 0.0585 e. The summed E-state index contributed by atoms with van der Waals surface area (Å²) in [6.07, 6.45) is 2.34. The van der Waals surface area contributed by atoms with Crippen molar-refractivity contribution in [2.75, 3.05) is 39.3 Å². The Kier molecular flexibility index (Phi) is 7.91. The van der Waals surface area contributed by atoms with E-state index in [1.54, 1.807) is 0 Å². The molecule has 1 aliphatic heterocycles. The number of likely N-dealkylation sites (tertiary alicyclic amines) is 1. The Bertz CT molecular complexity index is 231. The number of likely N-dealkylation sites (N-methyl/N-ethyl adjacent to an activating group) is 1. The summed E-state index contributed by atoms with van der Waals surface area (Å²) in [5.74, 6) is 0. The Morgan fingerprint density at radius 3 is 2.53 bits per heavy atom. The summed E-state index contributed by atoms with van der Waals surface area (Å²) in [5, 5.41) is 12.8. The lowest BCUT2D eigenvalue weighted by Crippen LogP contribution is -2.41. The molecule has 0 aromatic carbocycles. The van der Waals surface area contributed by atoms with Crippen molar-refractivity contribution in [3.05, 3.63) is 0 Å². The van der Waals surface area contributed by atoms with Crippen LogP contribution in [0.5, 0.6) is 0 Å². The smallest absolute Gasteiger partial charge is 0.0585 e. The van der Waals surface area contributed by atoms with Gasteiger partial charge in [0.1, 0.15) is 0 Å². The van der Waals surface area contributed by atoms with Crippen molar-refractivity contribution < 1.29 is 5.11 Å². The molecule has 1 saturated heterocycles. The summed E-state index contributed by atoms with van der Waals surface area (Å²) in [6.45, 7) is 14.8. The Morgan fingerprint density at radius 2 is 2.00 bits per heavy atom. The van der Waals surface area contributed by atoms with E-state index >= 15 is 0 Å². The van der Waals surface area contributed by atoms with Crippen molar-refractivity contribution in [1.29, 1.82) is 0 Å². The first-order valence-electron chi connectivity index (χ1n) is 7.93. The fraction of sp³-hybridized carbons (Fsp3) is 1.00. The summed E-state index contributed by atoms with van der Waals surface area (Å²) in [5.41, 5.74) is 0. The Morgan fingerprint density at radius 1 is 1.32 bits per heavy atom. The van der Waals surface area contributed by atoms with Crippen molar-refractivity contribution in [3.63, 3.8) is 0 Å². The molecule has 0 radical (unpaired) electrons. The topological polar surface area (TPSA) is 38.7 Å². The summed E-state index contributed by atoms with van der Waals surface area (Å²) < 4.78 is 0. The normalized spacial score (nSPS) is 22.6. The second kappa shape index (κ2) is 8.90. The monoisotopic (exact) mass is 271 g/mol. The molecule has 0 amide bonds. The largest absolute Gasteiger partial charge is 0.395 e. The highest BCUT2D eigenvalue weighted by molar-refractivity contribution is 4.83. The molecule has 0 aliphatic carbocycles. The van der Waals surface area contributed by atoms with E-state index in [2.05, 4.69) is 42.8 Å². The van der Waals surface area contributed by atoms with Crippen LogP contribution in [0.4, 0.5) is 0 Å². The third-order valence-corrected chi connectivity index (χ3v) is 4.16. The van der Waals surface area contributed by atoms with Crippen molar-refractivity contribution in [2.45, 2.75) is 58.7 Å². The molecule has 4 heteroatoms. The Labute approximate surface area is 119 Å². The number of nitrogens with one attached hydrogen (secondary N) is 1. The van der Waals surface area contributed by atoms with Crippen LogP contribution < -0.4 is 5.32 Å². The van der Waals surface area contributed by atoms with Gasteiger partial charge in [-0.1, -0.05) is 27.7 Å². The van der Waals surface area contributed by atoms with Crippen LogP contribution >= 0.6 is 0 Å². The Hall–Kier alpha value is -0.160. The van der Waals surface area contributed by atoms with Crippen LogP contribution in [0.2, 0.25) is 0 Å². The average Bonchev–Trinajstić information content (AvgIpc) is 2.84. The molecule has 0 aromatic rings. The molecule has 4 nitrogen and oxygen atoms in total. The number of hydrogen-bond acceptors (Lipinski definition) is 4. The minimum Gasteiger partial charge on any atom is -0.395 e. The van der Waals surface area contributed by atoms with Gasteiger partial charge in [-0.15, -0.1) is 0 Å². The molecule has 1 heterocycles. The molecule has 1 fully saturated rings. The molecule has 2 atom stereocenters. The molecular formula is C15H33N3O. The van der Waals surface area contributed by atoms with Gasteiger partial charge in [-0.3, -0.25) is 4.90 Å². The quantitative estimate of drug-likeness (QED) is 0.660. The van der Waals surface area contributed by atoms with Crippen LogP contribution in [0, 0.1) is 0 Å². The van der Waals surface area contributed by atoms with E-state index in [0.29, 0.717) is 6.04 Å². The van der Waals surface area contributed by atoms with E-state index < -0.39 is 0 Å². The van der Waals surface area contributed by atoms with Crippen LogP contribution in [0.15, 0.2) is 0 Å². The predicted octanol–water partition coefficient (Wildman–Crippen LogP) is 1.15. The fourth-order valence-electron chi connectivity index (χ4n) is 3.09. The number of rotatable bonds is 9. The van der Waals surface area contributed by atoms with Crippen LogP contribution in [-0.2, 0) is 0 Å². The van der Waals surface area contributed by atoms with Gasteiger partial charge in [0.2, 0.25) is 0 Å². The van der Waals surface area contributed by atoms with Crippen molar-refractivity contribution in [1.82, 2.24) is 15.1 Å². The molecule has 0 aromatic heterocycles. The number of aliphatic hydroxyl groups is 1. The number of hydrogen-bond donors (Lipinski definition) is 2. The molecular weight excluding hydrogens is 238 g/mol. The summed E-state index contributed by atoms with van der Waals surface area (Å²) in [7, 11) is 0. The van der Waals surface area contributed by atoms with Gasteiger partial charge in [-0.25, -0.2) is 0 Å². The lowest BCUT2D eigenvalue weighted by atomic mass is 10.2. The van der Waals surface area contributed by atoms with E-state index in [1.165, 1.54) is 19.5 Å². The van der Waals surface area contributed by atoms with E-state index in [-0.39, 0.29) is 12.6 Å². The van der Waals surface area contributed by atoms with Gasteiger partial charge in [0.05, 0.1) is 6.61 Å². The second-order valence-electron chi connectivity index (χ2n) is 5.95. The van der Waals surface area contributed by atoms with Crippen LogP contribution in [0.1, 0.15) is 40.5 Å². The standard InChI is InChI=1S/C15H33N3O/c1-5-18(6-2)15-8-10-17(11-15)9-7-14(12-19)16-13(3)4/h13-16,19H,5-12H2,1-4H3. The van der Waals surface area contributed by atoms with Gasteiger partial charge < -0.3 is 15.3 Å². The van der Waals surface area contributed by atoms with E-state index in [4.69, 9.17) is 0 Å². The molecule has 1 aliphatic rings. The maximum atomic E-state index is 9.38. The van der Waals surface area contributed by atoms with Gasteiger partial charge in [-0.05, 0) is 39.0 Å². The maximum absolute atomic E-state index is 9.38. The van der Waals surface area contributed by atoms with Crippen LogP contribution in [-0.4, -0.2) is 72.4 Å². The van der Waals surface area contributed by atoms with Gasteiger partial charge in [0.25, 0.3) is 0 Å². The zero-order chi connectivity index (χ0) is 14.3. The molecule has 1 rings (SSSR count). The Balaban J connectivity index is 2.27. The fourth-order valence-corrected chi connectivity index (χ4v) is 3.09. The third kappa shape index (κ3) is 5.78. The first kappa shape index (κ1) is 16.9. The van der Waals surface area contributed by atoms with Crippen LogP contribution in [0.3, 0.4) is 0 Å². The van der Waals surface area contributed by atoms with E-state index in [0.717, 1.165) is 32.1 Å². The summed E-state index contributed by atoms with van der Waals surface area (Å²) >= 11 is 0. The molecule has 2 unspecified atom stereocenters. The van der Waals surface area contributed by atoms with Crippen LogP contribution in [0.25, 0.3) is 0 Å². The second-order valence-corrected chi connectivity index (χ2v) is 5.95. The van der Waals surface area contributed by atoms with Crippen molar-refractivity contribution in [2.24, 2.45) is 0 Å². The molecule has 0 bridgehead atoms. The van der Waals surface area contributed by atoms with Crippen molar-refractivity contribution in [3.8, 4) is 0 Å². The zero-order valence-electron chi connectivity index (χ0n) is 13.2. The minimum atomic E-state index is 0.242. The summed E-state index contributed by atoms with van der Waals surface area (Å²) in [6, 6.07) is 1.42. The average molecular weight is 271 g/mol. The van der Waals surface area contributed by atoms with E-state index in [1.807, 2.05) is 0 Å². The first-order chi connectivity index (χ1) is 9.10. The van der Waals surface area contributed by atoms with E-state index in [9.17, 15) is 5.11 Å². The first-order valence-corrected chi connectivity index (χ1v) is 7.93. The number of aliphatic hydroxyl groups excluding tert-OH is 1. The summed E-state index contributed by atoms with van der Waals surface area (Å²) in [4.78, 5) is 5.11.